The molecule has 0 spiro atoms. The number of halogens is 2. The van der Waals surface area contributed by atoms with Gasteiger partial charge < -0.3 is 9.80 Å². The third-order valence-electron chi connectivity index (χ3n) is 3.77. The van der Waals surface area contributed by atoms with Gasteiger partial charge in [-0.1, -0.05) is 23.2 Å². The van der Waals surface area contributed by atoms with Crippen LogP contribution in [-0.2, 0) is 0 Å². The second kappa shape index (κ2) is 7.86. The fourth-order valence-corrected chi connectivity index (χ4v) is 2.81. The minimum atomic E-state index is 0.597. The Kier molecular flexibility index (Phi) is 6.08. The van der Waals surface area contributed by atoms with Crippen molar-refractivity contribution < 1.29 is 0 Å². The molecule has 2 aromatic rings. The molecule has 0 saturated heterocycles. The van der Waals surface area contributed by atoms with Crippen molar-refractivity contribution in [3.8, 4) is 0 Å². The van der Waals surface area contributed by atoms with Crippen molar-refractivity contribution in [3.63, 3.8) is 0 Å². The zero-order valence-corrected chi connectivity index (χ0v) is 16.2. The summed E-state index contributed by atoms with van der Waals surface area (Å²) in [6.45, 7) is 6.95. The minimum Gasteiger partial charge on any atom is -0.366 e. The van der Waals surface area contributed by atoms with E-state index in [1.807, 2.05) is 55.9 Å². The van der Waals surface area contributed by atoms with Crippen LogP contribution in [0.25, 0.3) is 0 Å². The molecular weight excluding hydrogens is 343 g/mol. The summed E-state index contributed by atoms with van der Waals surface area (Å²) < 4.78 is 0. The van der Waals surface area contributed by atoms with Crippen LogP contribution in [0.5, 0.6) is 0 Å². The first-order valence-electron chi connectivity index (χ1n) is 7.74. The number of hydrogen-bond donors (Lipinski definition) is 0. The molecule has 0 fully saturated rings. The highest BCUT2D eigenvalue weighted by Crippen LogP contribution is 2.38. The lowest BCUT2D eigenvalue weighted by Crippen LogP contribution is -2.15. The van der Waals surface area contributed by atoms with E-state index in [1.54, 1.807) is 12.5 Å². The van der Waals surface area contributed by atoms with Crippen LogP contribution in [-0.4, -0.2) is 36.9 Å². The molecule has 2 rings (SSSR count). The zero-order valence-electron chi connectivity index (χ0n) is 14.6. The maximum Gasteiger partial charge on any atom is 0.135 e. The number of benzene rings is 1. The molecule has 128 valence electrons. The molecule has 0 unspecified atom stereocenters. The zero-order chi connectivity index (χ0) is 17.9. The Balaban J connectivity index is 2.46. The Labute approximate surface area is 153 Å². The second-order valence-corrected chi connectivity index (χ2v) is 6.60. The fraction of sp³-hybridized carbons (Fsp3) is 0.333. The van der Waals surface area contributed by atoms with Gasteiger partial charge in [0.15, 0.2) is 0 Å². The molecule has 0 saturated carbocycles. The maximum absolute atomic E-state index is 6.61. The molecule has 1 aromatic heterocycles. The van der Waals surface area contributed by atoms with Gasteiger partial charge in [0.2, 0.25) is 0 Å². The molecular formula is C18H22Cl2N4. The Hall–Kier alpha value is -1.78. The van der Waals surface area contributed by atoms with Crippen LogP contribution in [0, 0.1) is 13.8 Å². The number of anilines is 2. The lowest BCUT2D eigenvalue weighted by molar-refractivity contribution is 0.552. The van der Waals surface area contributed by atoms with Crippen molar-refractivity contribution in [2.24, 2.45) is 4.99 Å². The first-order chi connectivity index (χ1) is 11.3. The van der Waals surface area contributed by atoms with Crippen molar-refractivity contribution in [2.45, 2.75) is 20.8 Å². The predicted molar refractivity (Wildman–Crippen MR) is 105 cm³/mol. The van der Waals surface area contributed by atoms with Gasteiger partial charge in [0, 0.05) is 26.8 Å². The largest absolute Gasteiger partial charge is 0.366 e. The molecule has 0 aliphatic rings. The molecule has 0 radical (unpaired) electrons. The monoisotopic (exact) mass is 364 g/mol. The Bertz CT molecular complexity index is 759. The van der Waals surface area contributed by atoms with E-state index in [0.29, 0.717) is 10.0 Å². The minimum absolute atomic E-state index is 0.597. The molecule has 1 heterocycles. The first-order valence-corrected chi connectivity index (χ1v) is 8.49. The Morgan fingerprint density at radius 3 is 2.50 bits per heavy atom. The van der Waals surface area contributed by atoms with Gasteiger partial charge in [0.25, 0.3) is 0 Å². The van der Waals surface area contributed by atoms with E-state index in [9.17, 15) is 0 Å². The van der Waals surface area contributed by atoms with Gasteiger partial charge in [-0.25, -0.2) is 9.98 Å². The standard InChI is InChI=1S/C18H22Cl2N4/c1-6-23(4)11-22-15-7-12(2)8-16(17(15)20)24(5)18-13(3)9-14(19)10-21-18/h7-11H,6H2,1-5H3/b22-11-. The molecule has 0 aliphatic carbocycles. The molecule has 0 atom stereocenters. The summed E-state index contributed by atoms with van der Waals surface area (Å²) in [6.07, 6.45) is 3.43. The van der Waals surface area contributed by atoms with E-state index >= 15 is 0 Å². The lowest BCUT2D eigenvalue weighted by Gasteiger charge is -2.23. The number of hydrogen-bond acceptors (Lipinski definition) is 3. The van der Waals surface area contributed by atoms with Gasteiger partial charge in [-0.3, -0.25) is 0 Å². The van der Waals surface area contributed by atoms with E-state index < -0.39 is 0 Å². The van der Waals surface area contributed by atoms with Crippen molar-refractivity contribution in [1.82, 2.24) is 9.88 Å². The number of pyridine rings is 1. The fourth-order valence-electron chi connectivity index (χ4n) is 2.31. The third kappa shape index (κ3) is 4.19. The number of aromatic nitrogens is 1. The van der Waals surface area contributed by atoms with Gasteiger partial charge in [-0.2, -0.15) is 0 Å². The summed E-state index contributed by atoms with van der Waals surface area (Å²) >= 11 is 12.6. The molecule has 0 N–H and O–H groups in total. The van der Waals surface area contributed by atoms with Crippen LogP contribution in [0.2, 0.25) is 10.0 Å². The van der Waals surface area contributed by atoms with E-state index in [2.05, 4.69) is 16.9 Å². The van der Waals surface area contributed by atoms with Crippen molar-refractivity contribution in [1.29, 1.82) is 0 Å². The topological polar surface area (TPSA) is 31.7 Å². The van der Waals surface area contributed by atoms with Crippen molar-refractivity contribution >= 4 is 46.7 Å². The van der Waals surface area contributed by atoms with Gasteiger partial charge in [-0.05, 0) is 50.1 Å². The van der Waals surface area contributed by atoms with Crippen molar-refractivity contribution in [2.75, 3.05) is 25.5 Å². The van der Waals surface area contributed by atoms with Crippen LogP contribution < -0.4 is 4.90 Å². The highest BCUT2D eigenvalue weighted by Gasteiger charge is 2.15. The number of aryl methyl sites for hydroxylation is 2. The summed E-state index contributed by atoms with van der Waals surface area (Å²) in [5, 5.41) is 1.22. The van der Waals surface area contributed by atoms with Crippen LogP contribution in [0.1, 0.15) is 18.1 Å². The summed E-state index contributed by atoms with van der Waals surface area (Å²) in [7, 11) is 3.91. The van der Waals surface area contributed by atoms with E-state index in [-0.39, 0.29) is 0 Å². The summed E-state index contributed by atoms with van der Waals surface area (Å²) in [4.78, 5) is 12.9. The normalized spacial score (nSPS) is 11.1. The van der Waals surface area contributed by atoms with E-state index in [1.165, 1.54) is 0 Å². The number of nitrogens with zero attached hydrogens (tertiary/aromatic N) is 4. The lowest BCUT2D eigenvalue weighted by atomic mass is 10.1. The Morgan fingerprint density at radius 1 is 1.17 bits per heavy atom. The summed E-state index contributed by atoms with van der Waals surface area (Å²) in [5.74, 6) is 0.813. The van der Waals surface area contributed by atoms with Crippen LogP contribution >= 0.6 is 23.2 Å². The highest BCUT2D eigenvalue weighted by atomic mass is 35.5. The molecule has 0 aliphatic heterocycles. The maximum atomic E-state index is 6.61. The van der Waals surface area contributed by atoms with Crippen LogP contribution in [0.4, 0.5) is 17.2 Å². The highest BCUT2D eigenvalue weighted by molar-refractivity contribution is 6.36. The first kappa shape index (κ1) is 18.6. The smallest absolute Gasteiger partial charge is 0.135 e. The van der Waals surface area contributed by atoms with Gasteiger partial charge in [0.05, 0.1) is 27.8 Å². The second-order valence-electron chi connectivity index (χ2n) is 5.79. The summed E-state index contributed by atoms with van der Waals surface area (Å²) in [5.41, 5.74) is 3.67. The quantitative estimate of drug-likeness (QED) is 0.526. The molecule has 4 nitrogen and oxygen atoms in total. The SMILES string of the molecule is CCN(C)/C=N\c1cc(C)cc(N(C)c2ncc(Cl)cc2C)c1Cl. The predicted octanol–water partition coefficient (Wildman–Crippen LogP) is 5.38. The van der Waals surface area contributed by atoms with Crippen LogP contribution in [0.15, 0.2) is 29.4 Å². The molecule has 6 heteroatoms. The van der Waals surface area contributed by atoms with Gasteiger partial charge in [-0.15, -0.1) is 0 Å². The number of rotatable bonds is 5. The van der Waals surface area contributed by atoms with E-state index in [4.69, 9.17) is 23.2 Å². The number of aliphatic imine (C=N–C) groups is 1. The average molecular weight is 365 g/mol. The van der Waals surface area contributed by atoms with Gasteiger partial charge >= 0.3 is 0 Å². The molecule has 0 bridgehead atoms. The molecule has 24 heavy (non-hydrogen) atoms. The Morgan fingerprint density at radius 2 is 1.88 bits per heavy atom. The van der Waals surface area contributed by atoms with Crippen molar-refractivity contribution in [3.05, 3.63) is 45.6 Å². The third-order valence-corrected chi connectivity index (χ3v) is 4.36. The van der Waals surface area contributed by atoms with Crippen LogP contribution in [0.3, 0.4) is 0 Å². The van der Waals surface area contributed by atoms with E-state index in [0.717, 1.165) is 34.9 Å². The van der Waals surface area contributed by atoms with Gasteiger partial charge in [0.1, 0.15) is 5.82 Å². The average Bonchev–Trinajstić information content (AvgIpc) is 2.54. The summed E-state index contributed by atoms with van der Waals surface area (Å²) in [6, 6.07) is 5.89. The molecule has 0 amide bonds. The molecule has 1 aromatic carbocycles.